The van der Waals surface area contributed by atoms with Gasteiger partial charge in [-0.3, -0.25) is 9.59 Å². The predicted molar refractivity (Wildman–Crippen MR) is 124 cm³/mol. The molecule has 0 unspecified atom stereocenters. The Morgan fingerprint density at radius 3 is 2.58 bits per heavy atom. The second kappa shape index (κ2) is 10.2. The van der Waals surface area contributed by atoms with Crippen LogP contribution in [0.5, 0.6) is 0 Å². The molecular formula is C23H19Cl2F2N3O2S. The van der Waals surface area contributed by atoms with Gasteiger partial charge in [0, 0.05) is 41.5 Å². The van der Waals surface area contributed by atoms with E-state index in [-0.39, 0.29) is 33.8 Å². The second-order valence-corrected chi connectivity index (χ2v) is 9.39. The van der Waals surface area contributed by atoms with Crippen molar-refractivity contribution in [2.24, 2.45) is 0 Å². The lowest BCUT2D eigenvalue weighted by Crippen LogP contribution is -2.38. The molecule has 0 aliphatic carbocycles. The number of piperidine rings is 1. The summed E-state index contributed by atoms with van der Waals surface area (Å²) in [5.74, 6) is -1.85. The Morgan fingerprint density at radius 2 is 1.88 bits per heavy atom. The predicted octanol–water partition coefficient (Wildman–Crippen LogP) is 5.68. The van der Waals surface area contributed by atoms with Gasteiger partial charge in [-0.2, -0.15) is 0 Å². The highest BCUT2D eigenvalue weighted by Gasteiger charge is 2.29. The van der Waals surface area contributed by atoms with Crippen LogP contribution < -0.4 is 5.32 Å². The van der Waals surface area contributed by atoms with Crippen LogP contribution in [-0.4, -0.2) is 34.8 Å². The summed E-state index contributed by atoms with van der Waals surface area (Å²) < 4.78 is 28.0. The maximum Gasteiger partial charge on any atom is 0.271 e. The van der Waals surface area contributed by atoms with E-state index in [9.17, 15) is 18.4 Å². The number of likely N-dealkylation sites (tertiary alicyclic amines) is 1. The van der Waals surface area contributed by atoms with Crippen LogP contribution in [0, 0.1) is 11.6 Å². The Balaban J connectivity index is 1.34. The van der Waals surface area contributed by atoms with Gasteiger partial charge >= 0.3 is 0 Å². The maximum absolute atomic E-state index is 14.1. The van der Waals surface area contributed by atoms with Gasteiger partial charge in [0.1, 0.15) is 17.3 Å². The zero-order chi connectivity index (χ0) is 23.5. The molecule has 3 aromatic rings. The lowest BCUT2D eigenvalue weighted by atomic mass is 9.97. The molecule has 0 atom stereocenters. The van der Waals surface area contributed by atoms with Gasteiger partial charge in [-0.15, -0.1) is 11.3 Å². The van der Waals surface area contributed by atoms with E-state index < -0.39 is 23.4 Å². The van der Waals surface area contributed by atoms with E-state index in [2.05, 4.69) is 10.3 Å². The first-order valence-electron chi connectivity index (χ1n) is 10.2. The first-order chi connectivity index (χ1) is 15.8. The van der Waals surface area contributed by atoms with Crippen LogP contribution >= 0.6 is 34.5 Å². The number of carbonyl (C=O) groups is 2. The van der Waals surface area contributed by atoms with E-state index in [1.54, 1.807) is 16.3 Å². The van der Waals surface area contributed by atoms with E-state index in [1.165, 1.54) is 41.7 Å². The molecule has 1 aromatic heterocycles. The summed E-state index contributed by atoms with van der Waals surface area (Å²) in [5.41, 5.74) is 0.485. The SMILES string of the molecule is O=C(NCc1ccc(Cl)cc1F)c1csc(C2CCN(C(=O)c3c(F)cccc3Cl)CC2)n1. The molecule has 5 nitrogen and oxygen atoms in total. The van der Waals surface area contributed by atoms with Crippen molar-refractivity contribution >= 4 is 46.4 Å². The van der Waals surface area contributed by atoms with Gasteiger partial charge in [-0.25, -0.2) is 13.8 Å². The minimum Gasteiger partial charge on any atom is -0.346 e. The fourth-order valence-corrected chi connectivity index (χ4v) is 5.07. The zero-order valence-electron chi connectivity index (χ0n) is 17.3. The Labute approximate surface area is 203 Å². The standard InChI is InChI=1S/C23H19Cl2F2N3O2S/c24-15-5-4-14(18(27)10-15)11-28-21(31)19-12-33-22(29-19)13-6-8-30(9-7-13)23(32)20-16(25)2-1-3-17(20)26/h1-5,10,12-13H,6-9,11H2,(H,28,31). The van der Waals surface area contributed by atoms with Crippen LogP contribution in [0.4, 0.5) is 8.78 Å². The fraction of sp³-hybridized carbons (Fsp3) is 0.261. The molecule has 4 rings (SSSR count). The van der Waals surface area contributed by atoms with E-state index in [1.807, 2.05) is 0 Å². The van der Waals surface area contributed by atoms with Gasteiger partial charge in [0.05, 0.1) is 15.6 Å². The smallest absolute Gasteiger partial charge is 0.271 e. The summed E-state index contributed by atoms with van der Waals surface area (Å²) >= 11 is 13.1. The van der Waals surface area contributed by atoms with Crippen LogP contribution in [0.1, 0.15) is 50.2 Å². The van der Waals surface area contributed by atoms with E-state index >= 15 is 0 Å². The number of carbonyl (C=O) groups excluding carboxylic acids is 2. The van der Waals surface area contributed by atoms with Crippen molar-refractivity contribution < 1.29 is 18.4 Å². The summed E-state index contributed by atoms with van der Waals surface area (Å²) in [7, 11) is 0. The van der Waals surface area contributed by atoms with E-state index in [0.29, 0.717) is 31.5 Å². The summed E-state index contributed by atoms with van der Waals surface area (Å²) in [6.45, 7) is 0.893. The van der Waals surface area contributed by atoms with Crippen molar-refractivity contribution in [2.45, 2.75) is 25.3 Å². The highest BCUT2D eigenvalue weighted by molar-refractivity contribution is 7.09. The average Bonchev–Trinajstić information content (AvgIpc) is 3.29. The van der Waals surface area contributed by atoms with Crippen molar-refractivity contribution in [3.8, 4) is 0 Å². The van der Waals surface area contributed by atoms with Crippen LogP contribution in [-0.2, 0) is 6.54 Å². The van der Waals surface area contributed by atoms with Crippen LogP contribution in [0.2, 0.25) is 10.0 Å². The van der Waals surface area contributed by atoms with Gasteiger partial charge < -0.3 is 10.2 Å². The van der Waals surface area contributed by atoms with Gasteiger partial charge in [0.15, 0.2) is 0 Å². The van der Waals surface area contributed by atoms with Gasteiger partial charge in [-0.05, 0) is 37.1 Å². The topological polar surface area (TPSA) is 62.3 Å². The normalized spacial score (nSPS) is 14.4. The minimum absolute atomic E-state index is 0.0216. The number of hydrogen-bond donors (Lipinski definition) is 1. The number of benzene rings is 2. The number of halogens is 4. The first kappa shape index (κ1) is 23.6. The first-order valence-corrected chi connectivity index (χ1v) is 11.9. The Morgan fingerprint density at radius 1 is 1.12 bits per heavy atom. The zero-order valence-corrected chi connectivity index (χ0v) is 19.6. The third kappa shape index (κ3) is 5.34. The minimum atomic E-state index is -0.635. The number of nitrogens with zero attached hydrogens (tertiary/aromatic N) is 2. The van der Waals surface area contributed by atoms with Crippen molar-refractivity contribution in [3.05, 3.63) is 85.3 Å². The molecule has 1 N–H and O–H groups in total. The number of nitrogens with one attached hydrogen (secondary N) is 1. The molecule has 10 heteroatoms. The Kier molecular flexibility index (Phi) is 7.26. The van der Waals surface area contributed by atoms with Crippen LogP contribution in [0.15, 0.2) is 41.8 Å². The van der Waals surface area contributed by atoms with Gasteiger partial charge in [0.2, 0.25) is 0 Å². The van der Waals surface area contributed by atoms with Crippen LogP contribution in [0.25, 0.3) is 0 Å². The lowest BCUT2D eigenvalue weighted by molar-refractivity contribution is 0.0708. The summed E-state index contributed by atoms with van der Waals surface area (Å²) in [6.07, 6.45) is 1.28. The third-order valence-corrected chi connectivity index (χ3v) is 7.07. The van der Waals surface area contributed by atoms with E-state index in [0.717, 1.165) is 5.01 Å². The second-order valence-electron chi connectivity index (χ2n) is 7.65. The maximum atomic E-state index is 14.1. The molecule has 33 heavy (non-hydrogen) atoms. The van der Waals surface area contributed by atoms with Gasteiger partial charge in [0.25, 0.3) is 11.8 Å². The highest BCUT2D eigenvalue weighted by Crippen LogP contribution is 2.32. The molecule has 1 fully saturated rings. The molecule has 0 spiro atoms. The molecule has 1 saturated heterocycles. The molecule has 1 aliphatic rings. The fourth-order valence-electron chi connectivity index (χ4n) is 3.70. The van der Waals surface area contributed by atoms with Crippen molar-refractivity contribution in [1.29, 1.82) is 0 Å². The number of rotatable bonds is 5. The quantitative estimate of drug-likeness (QED) is 0.481. The molecule has 0 radical (unpaired) electrons. The largest absolute Gasteiger partial charge is 0.346 e. The molecule has 2 heterocycles. The number of thiazole rings is 1. The molecular weight excluding hydrogens is 491 g/mol. The molecule has 172 valence electrons. The van der Waals surface area contributed by atoms with Crippen molar-refractivity contribution in [2.75, 3.05) is 13.1 Å². The van der Waals surface area contributed by atoms with Gasteiger partial charge in [-0.1, -0.05) is 35.3 Å². The third-order valence-electron chi connectivity index (χ3n) is 5.52. The average molecular weight is 510 g/mol. The molecule has 2 amide bonds. The van der Waals surface area contributed by atoms with E-state index in [4.69, 9.17) is 23.2 Å². The highest BCUT2D eigenvalue weighted by atomic mass is 35.5. The van der Waals surface area contributed by atoms with Crippen molar-refractivity contribution in [3.63, 3.8) is 0 Å². The molecule has 2 aromatic carbocycles. The number of hydrogen-bond acceptors (Lipinski definition) is 4. The summed E-state index contributed by atoms with van der Waals surface area (Å²) in [5, 5.41) is 5.51. The number of amides is 2. The summed E-state index contributed by atoms with van der Waals surface area (Å²) in [4.78, 5) is 31.2. The molecule has 0 bridgehead atoms. The molecule has 1 aliphatic heterocycles. The lowest BCUT2D eigenvalue weighted by Gasteiger charge is -2.31. The Hall–Kier alpha value is -2.55. The Bertz CT molecular complexity index is 1180. The number of aromatic nitrogens is 1. The van der Waals surface area contributed by atoms with Crippen LogP contribution in [0.3, 0.4) is 0 Å². The monoisotopic (exact) mass is 509 g/mol. The molecule has 0 saturated carbocycles. The summed E-state index contributed by atoms with van der Waals surface area (Å²) in [6, 6.07) is 8.45. The van der Waals surface area contributed by atoms with Crippen molar-refractivity contribution in [1.82, 2.24) is 15.2 Å².